The fraction of sp³-hybridized carbons (Fsp3) is 0.375. The van der Waals surface area contributed by atoms with Gasteiger partial charge in [0.1, 0.15) is 6.04 Å². The van der Waals surface area contributed by atoms with E-state index in [4.69, 9.17) is 0 Å². The minimum Gasteiger partial charge on any atom is -0.341 e. The average molecular weight is 390 g/mol. The van der Waals surface area contributed by atoms with Crippen molar-refractivity contribution >= 4 is 17.7 Å². The molecule has 1 atom stereocenters. The molecule has 29 heavy (non-hydrogen) atoms. The molecule has 0 saturated heterocycles. The molecule has 5 nitrogen and oxygen atoms in total. The van der Waals surface area contributed by atoms with Crippen LogP contribution in [-0.2, 0) is 11.2 Å². The van der Waals surface area contributed by atoms with E-state index in [0.29, 0.717) is 17.5 Å². The molecule has 2 aliphatic rings. The first-order valence-corrected chi connectivity index (χ1v) is 10.4. The monoisotopic (exact) mass is 390 g/mol. The summed E-state index contributed by atoms with van der Waals surface area (Å²) in [5, 5.41) is 0. The number of carbonyl (C=O) groups is 3. The Bertz CT molecular complexity index is 884. The molecule has 4 rings (SSSR count). The molecular weight excluding hydrogens is 364 g/mol. The van der Waals surface area contributed by atoms with Gasteiger partial charge in [-0.2, -0.15) is 0 Å². The maximum absolute atomic E-state index is 13.6. The Labute approximate surface area is 171 Å². The van der Waals surface area contributed by atoms with Crippen LogP contribution in [0.3, 0.4) is 0 Å². The van der Waals surface area contributed by atoms with Crippen molar-refractivity contribution in [3.05, 3.63) is 71.3 Å². The van der Waals surface area contributed by atoms with Crippen LogP contribution in [0.5, 0.6) is 0 Å². The van der Waals surface area contributed by atoms with Crippen LogP contribution < -0.4 is 0 Å². The van der Waals surface area contributed by atoms with Crippen molar-refractivity contribution in [3.63, 3.8) is 0 Å². The van der Waals surface area contributed by atoms with Gasteiger partial charge in [-0.15, -0.1) is 0 Å². The molecule has 1 fully saturated rings. The summed E-state index contributed by atoms with van der Waals surface area (Å²) in [7, 11) is 1.81. The Kier molecular flexibility index (Phi) is 5.47. The lowest BCUT2D eigenvalue weighted by Crippen LogP contribution is -2.53. The zero-order valence-corrected chi connectivity index (χ0v) is 16.7. The van der Waals surface area contributed by atoms with Gasteiger partial charge < -0.3 is 4.90 Å². The number of rotatable bonds is 5. The summed E-state index contributed by atoms with van der Waals surface area (Å²) >= 11 is 0. The number of fused-ring (bicyclic) bond motifs is 1. The summed E-state index contributed by atoms with van der Waals surface area (Å²) in [4.78, 5) is 42.7. The van der Waals surface area contributed by atoms with Crippen LogP contribution in [0.25, 0.3) is 0 Å². The molecule has 2 aromatic rings. The molecule has 0 radical (unpaired) electrons. The lowest BCUT2D eigenvalue weighted by Gasteiger charge is -2.36. The zero-order valence-electron chi connectivity index (χ0n) is 16.7. The van der Waals surface area contributed by atoms with E-state index in [0.717, 1.165) is 31.2 Å². The van der Waals surface area contributed by atoms with Crippen LogP contribution in [0, 0.1) is 0 Å². The van der Waals surface area contributed by atoms with Gasteiger partial charge in [0.05, 0.1) is 11.1 Å². The Morgan fingerprint density at radius 2 is 1.48 bits per heavy atom. The highest BCUT2D eigenvalue weighted by Crippen LogP contribution is 2.28. The van der Waals surface area contributed by atoms with E-state index in [1.807, 2.05) is 37.4 Å². The van der Waals surface area contributed by atoms with Gasteiger partial charge in [0.2, 0.25) is 5.91 Å². The number of likely N-dealkylation sites (N-methyl/N-ethyl adjacent to an activating group) is 1. The van der Waals surface area contributed by atoms with Gasteiger partial charge in [-0.1, -0.05) is 61.7 Å². The molecule has 0 aromatic heterocycles. The molecule has 1 heterocycles. The Morgan fingerprint density at radius 3 is 2.07 bits per heavy atom. The van der Waals surface area contributed by atoms with Gasteiger partial charge in [-0.05, 0) is 30.5 Å². The van der Waals surface area contributed by atoms with Crippen LogP contribution >= 0.6 is 0 Å². The minimum absolute atomic E-state index is 0.157. The highest BCUT2D eigenvalue weighted by atomic mass is 16.2. The van der Waals surface area contributed by atoms with Crippen molar-refractivity contribution in [2.45, 2.75) is 50.6 Å². The lowest BCUT2D eigenvalue weighted by atomic mass is 9.93. The third-order valence-electron chi connectivity index (χ3n) is 6.16. The van der Waals surface area contributed by atoms with Crippen molar-refractivity contribution in [3.8, 4) is 0 Å². The van der Waals surface area contributed by atoms with E-state index in [9.17, 15) is 14.4 Å². The van der Waals surface area contributed by atoms with Crippen molar-refractivity contribution in [2.75, 3.05) is 7.05 Å². The van der Waals surface area contributed by atoms with E-state index in [-0.39, 0.29) is 23.8 Å². The van der Waals surface area contributed by atoms with Crippen molar-refractivity contribution in [2.24, 2.45) is 0 Å². The first-order chi connectivity index (χ1) is 14.1. The summed E-state index contributed by atoms with van der Waals surface area (Å²) in [6, 6.07) is 15.7. The van der Waals surface area contributed by atoms with E-state index in [1.54, 1.807) is 29.2 Å². The number of benzene rings is 2. The number of imide groups is 1. The molecule has 150 valence electrons. The molecule has 1 aliphatic carbocycles. The highest BCUT2D eigenvalue weighted by Gasteiger charge is 2.44. The Morgan fingerprint density at radius 1 is 0.931 bits per heavy atom. The van der Waals surface area contributed by atoms with Gasteiger partial charge in [0.25, 0.3) is 11.8 Å². The van der Waals surface area contributed by atoms with E-state index < -0.39 is 6.04 Å². The lowest BCUT2D eigenvalue weighted by molar-refractivity contribution is -0.136. The van der Waals surface area contributed by atoms with Crippen LogP contribution in [0.2, 0.25) is 0 Å². The second kappa shape index (κ2) is 8.19. The molecule has 0 unspecified atom stereocenters. The largest absolute Gasteiger partial charge is 0.341 e. The first-order valence-electron chi connectivity index (χ1n) is 10.4. The van der Waals surface area contributed by atoms with Gasteiger partial charge in [-0.3, -0.25) is 19.3 Å². The molecule has 0 N–H and O–H groups in total. The molecular formula is C24H26N2O3. The number of hydrogen-bond acceptors (Lipinski definition) is 3. The Hall–Kier alpha value is -2.95. The standard InChI is InChI=1S/C24H26N2O3/c1-25(18-12-6-3-7-13-18)24(29)21(16-17-10-4-2-5-11-17)26-22(27)19-14-8-9-15-20(19)23(26)28/h2,4-5,8-11,14-15,18,21H,3,6-7,12-13,16H2,1H3/t21-/m1/s1. The zero-order chi connectivity index (χ0) is 20.4. The fourth-order valence-electron chi connectivity index (χ4n) is 4.50. The summed E-state index contributed by atoms with van der Waals surface area (Å²) in [6.45, 7) is 0. The second-order valence-electron chi connectivity index (χ2n) is 7.97. The van der Waals surface area contributed by atoms with Gasteiger partial charge in [0.15, 0.2) is 0 Å². The van der Waals surface area contributed by atoms with Crippen molar-refractivity contribution in [1.29, 1.82) is 0 Å². The SMILES string of the molecule is CN(C(=O)[C@@H](Cc1ccccc1)N1C(=O)c2ccccc2C1=O)C1CCCCC1. The van der Waals surface area contributed by atoms with Crippen LogP contribution in [-0.4, -0.2) is 46.7 Å². The van der Waals surface area contributed by atoms with Crippen molar-refractivity contribution < 1.29 is 14.4 Å². The number of nitrogens with zero attached hydrogens (tertiary/aromatic N) is 2. The quantitative estimate of drug-likeness (QED) is 0.732. The molecule has 3 amide bonds. The summed E-state index contributed by atoms with van der Waals surface area (Å²) < 4.78 is 0. The average Bonchev–Trinajstić information content (AvgIpc) is 3.03. The van der Waals surface area contributed by atoms with Crippen LogP contribution in [0.4, 0.5) is 0 Å². The molecule has 2 aromatic carbocycles. The number of carbonyl (C=O) groups excluding carboxylic acids is 3. The van der Waals surface area contributed by atoms with E-state index >= 15 is 0 Å². The third-order valence-corrected chi connectivity index (χ3v) is 6.16. The molecule has 0 spiro atoms. The van der Waals surface area contributed by atoms with E-state index in [1.165, 1.54) is 11.3 Å². The second-order valence-corrected chi connectivity index (χ2v) is 7.97. The van der Waals surface area contributed by atoms with Gasteiger partial charge in [-0.25, -0.2) is 0 Å². The maximum Gasteiger partial charge on any atom is 0.262 e. The minimum atomic E-state index is -0.836. The topological polar surface area (TPSA) is 57.7 Å². The molecule has 1 saturated carbocycles. The number of amides is 3. The predicted octanol–water partition coefficient (Wildman–Crippen LogP) is 3.69. The smallest absolute Gasteiger partial charge is 0.262 e. The van der Waals surface area contributed by atoms with E-state index in [2.05, 4.69) is 0 Å². The maximum atomic E-state index is 13.6. The van der Waals surface area contributed by atoms with Gasteiger partial charge in [0, 0.05) is 19.5 Å². The number of hydrogen-bond donors (Lipinski definition) is 0. The Balaban J connectivity index is 1.66. The van der Waals surface area contributed by atoms with Crippen LogP contribution in [0.1, 0.15) is 58.4 Å². The summed E-state index contributed by atoms with van der Waals surface area (Å²) in [5.74, 6) is -0.913. The molecule has 5 heteroatoms. The third kappa shape index (κ3) is 3.69. The predicted molar refractivity (Wildman–Crippen MR) is 111 cm³/mol. The fourth-order valence-corrected chi connectivity index (χ4v) is 4.50. The molecule has 0 bridgehead atoms. The molecule has 1 aliphatic heterocycles. The summed E-state index contributed by atoms with van der Waals surface area (Å²) in [6.07, 6.45) is 5.69. The first kappa shape index (κ1) is 19.4. The van der Waals surface area contributed by atoms with Crippen LogP contribution in [0.15, 0.2) is 54.6 Å². The highest BCUT2D eigenvalue weighted by molar-refractivity contribution is 6.22. The normalized spacial score (nSPS) is 17.9. The van der Waals surface area contributed by atoms with Crippen molar-refractivity contribution in [1.82, 2.24) is 9.80 Å². The van der Waals surface area contributed by atoms with Gasteiger partial charge >= 0.3 is 0 Å². The summed E-state index contributed by atoms with van der Waals surface area (Å²) in [5.41, 5.74) is 1.69.